The molecule has 0 unspecified atom stereocenters. The van der Waals surface area contributed by atoms with Crippen molar-refractivity contribution in [1.82, 2.24) is 9.97 Å². The normalized spacial score (nSPS) is 10.4. The second-order valence-corrected chi connectivity index (χ2v) is 6.79. The molecule has 3 rings (SSSR count). The third kappa shape index (κ3) is 5.47. The van der Waals surface area contributed by atoms with Gasteiger partial charge in [0, 0.05) is 18.1 Å². The fourth-order valence-electron chi connectivity index (χ4n) is 2.39. The number of anilines is 1. The van der Waals surface area contributed by atoms with Crippen LogP contribution in [0.5, 0.6) is 17.4 Å². The van der Waals surface area contributed by atoms with Crippen LogP contribution in [0.2, 0.25) is 0 Å². The number of para-hydroxylation sites is 1. The van der Waals surface area contributed by atoms with Crippen molar-refractivity contribution in [3.63, 3.8) is 0 Å². The second kappa shape index (κ2) is 9.75. The van der Waals surface area contributed by atoms with Crippen molar-refractivity contribution in [2.24, 2.45) is 0 Å². The maximum absolute atomic E-state index is 12.3. The summed E-state index contributed by atoms with van der Waals surface area (Å²) in [7, 11) is 0. The maximum Gasteiger partial charge on any atom is 0.252 e. The monoisotopic (exact) mass is 395 g/mol. The van der Waals surface area contributed by atoms with E-state index >= 15 is 0 Å². The van der Waals surface area contributed by atoms with Crippen molar-refractivity contribution in [3.05, 3.63) is 66.5 Å². The van der Waals surface area contributed by atoms with Crippen LogP contribution >= 0.6 is 11.8 Å². The fourth-order valence-corrected chi connectivity index (χ4v) is 3.08. The lowest BCUT2D eigenvalue weighted by Gasteiger charge is -2.10. The Morgan fingerprint density at radius 2 is 1.82 bits per heavy atom. The number of rotatable bonds is 8. The van der Waals surface area contributed by atoms with Crippen molar-refractivity contribution in [2.45, 2.75) is 18.9 Å². The van der Waals surface area contributed by atoms with E-state index in [9.17, 15) is 4.79 Å². The predicted octanol–water partition coefficient (Wildman–Crippen LogP) is 4.71. The van der Waals surface area contributed by atoms with Gasteiger partial charge in [-0.15, -0.1) is 0 Å². The quantitative estimate of drug-likeness (QED) is 0.557. The van der Waals surface area contributed by atoms with Gasteiger partial charge in [-0.1, -0.05) is 30.0 Å². The van der Waals surface area contributed by atoms with Crippen LogP contribution in [0, 0.1) is 6.92 Å². The van der Waals surface area contributed by atoms with Gasteiger partial charge in [-0.3, -0.25) is 4.79 Å². The lowest BCUT2D eigenvalue weighted by atomic mass is 10.2. The third-order valence-electron chi connectivity index (χ3n) is 3.72. The first-order valence-corrected chi connectivity index (χ1v) is 9.84. The summed E-state index contributed by atoms with van der Waals surface area (Å²) in [5.74, 6) is 1.92. The number of amides is 1. The predicted molar refractivity (Wildman–Crippen MR) is 110 cm³/mol. The van der Waals surface area contributed by atoms with Crippen LogP contribution in [0.15, 0.2) is 66.0 Å². The Bertz CT molecular complexity index is 932. The summed E-state index contributed by atoms with van der Waals surface area (Å²) in [5.41, 5.74) is 1.71. The molecule has 0 bridgehead atoms. The Labute approximate surface area is 168 Å². The van der Waals surface area contributed by atoms with E-state index in [1.165, 1.54) is 11.8 Å². The van der Waals surface area contributed by atoms with Crippen molar-refractivity contribution >= 4 is 23.4 Å². The van der Waals surface area contributed by atoms with Crippen molar-refractivity contribution in [3.8, 4) is 17.4 Å². The average molecular weight is 395 g/mol. The van der Waals surface area contributed by atoms with Gasteiger partial charge in [0.1, 0.15) is 11.5 Å². The van der Waals surface area contributed by atoms with Crippen LogP contribution in [-0.4, -0.2) is 28.2 Å². The topological polar surface area (TPSA) is 73.3 Å². The number of ether oxygens (including phenoxy) is 2. The SMILES string of the molecule is CCOc1ccc(NC(=O)CSc2nccnc2Oc2ccccc2C)cc1. The molecule has 0 aliphatic carbocycles. The van der Waals surface area contributed by atoms with E-state index in [0.29, 0.717) is 28.9 Å². The number of aromatic nitrogens is 2. The molecule has 3 aromatic rings. The molecule has 1 aromatic heterocycles. The van der Waals surface area contributed by atoms with E-state index in [1.54, 1.807) is 12.4 Å². The van der Waals surface area contributed by atoms with E-state index in [2.05, 4.69) is 15.3 Å². The minimum Gasteiger partial charge on any atom is -0.494 e. The molecule has 28 heavy (non-hydrogen) atoms. The molecule has 0 fully saturated rings. The molecule has 0 saturated heterocycles. The van der Waals surface area contributed by atoms with E-state index in [0.717, 1.165) is 11.3 Å². The summed E-state index contributed by atoms with van der Waals surface area (Å²) >= 11 is 1.28. The number of aryl methyl sites for hydroxylation is 1. The second-order valence-electron chi connectivity index (χ2n) is 5.83. The molecule has 2 aromatic carbocycles. The lowest BCUT2D eigenvalue weighted by Crippen LogP contribution is -2.14. The number of thioether (sulfide) groups is 1. The van der Waals surface area contributed by atoms with E-state index in [4.69, 9.17) is 9.47 Å². The van der Waals surface area contributed by atoms with Gasteiger partial charge >= 0.3 is 0 Å². The highest BCUT2D eigenvalue weighted by Gasteiger charge is 2.12. The van der Waals surface area contributed by atoms with Crippen molar-refractivity contribution in [1.29, 1.82) is 0 Å². The van der Waals surface area contributed by atoms with Gasteiger partial charge in [0.25, 0.3) is 5.88 Å². The third-order valence-corrected chi connectivity index (χ3v) is 4.68. The van der Waals surface area contributed by atoms with E-state index < -0.39 is 0 Å². The van der Waals surface area contributed by atoms with Gasteiger partial charge in [0.2, 0.25) is 5.91 Å². The first-order valence-electron chi connectivity index (χ1n) is 8.85. The molecule has 7 heteroatoms. The molecule has 0 radical (unpaired) electrons. The lowest BCUT2D eigenvalue weighted by molar-refractivity contribution is -0.113. The van der Waals surface area contributed by atoms with Crippen molar-refractivity contribution < 1.29 is 14.3 Å². The van der Waals surface area contributed by atoms with Gasteiger partial charge in [0.15, 0.2) is 5.03 Å². The number of hydrogen-bond donors (Lipinski definition) is 1. The van der Waals surface area contributed by atoms with E-state index in [-0.39, 0.29) is 11.7 Å². The Balaban J connectivity index is 1.60. The minimum absolute atomic E-state index is 0.137. The maximum atomic E-state index is 12.3. The Morgan fingerprint density at radius 1 is 1.07 bits per heavy atom. The first-order chi connectivity index (χ1) is 13.7. The Kier molecular flexibility index (Phi) is 6.86. The molecule has 0 spiro atoms. The summed E-state index contributed by atoms with van der Waals surface area (Å²) in [4.78, 5) is 20.8. The largest absolute Gasteiger partial charge is 0.494 e. The molecule has 1 heterocycles. The van der Waals surface area contributed by atoms with E-state index in [1.807, 2.05) is 62.4 Å². The zero-order chi connectivity index (χ0) is 19.8. The summed E-state index contributed by atoms with van der Waals surface area (Å²) in [5, 5.41) is 3.42. The van der Waals surface area contributed by atoms with Crippen LogP contribution in [-0.2, 0) is 4.79 Å². The first kappa shape index (κ1) is 19.7. The van der Waals surface area contributed by atoms with Crippen LogP contribution in [0.4, 0.5) is 5.69 Å². The minimum atomic E-state index is -0.137. The van der Waals surface area contributed by atoms with Gasteiger partial charge in [-0.25, -0.2) is 9.97 Å². The zero-order valence-electron chi connectivity index (χ0n) is 15.7. The molecule has 1 amide bonds. The summed E-state index contributed by atoms with van der Waals surface area (Å²) in [6.07, 6.45) is 3.15. The number of carbonyl (C=O) groups is 1. The number of carbonyl (C=O) groups excluding carboxylic acids is 1. The molecule has 1 N–H and O–H groups in total. The molecular weight excluding hydrogens is 374 g/mol. The van der Waals surface area contributed by atoms with Gasteiger partial charge in [-0.2, -0.15) is 0 Å². The molecule has 0 atom stereocenters. The highest BCUT2D eigenvalue weighted by Crippen LogP contribution is 2.30. The summed E-state index contributed by atoms with van der Waals surface area (Å²) < 4.78 is 11.3. The van der Waals surface area contributed by atoms with Gasteiger partial charge in [0.05, 0.1) is 12.4 Å². The molecular formula is C21H21N3O3S. The zero-order valence-corrected chi connectivity index (χ0v) is 16.5. The van der Waals surface area contributed by atoms with Crippen LogP contribution in [0.25, 0.3) is 0 Å². The Morgan fingerprint density at radius 3 is 2.57 bits per heavy atom. The summed E-state index contributed by atoms with van der Waals surface area (Å²) in [6, 6.07) is 14.9. The van der Waals surface area contributed by atoms with Crippen LogP contribution in [0.1, 0.15) is 12.5 Å². The molecule has 0 aliphatic heterocycles. The molecule has 0 aliphatic rings. The Hall–Kier alpha value is -3.06. The van der Waals surface area contributed by atoms with Crippen molar-refractivity contribution in [2.75, 3.05) is 17.7 Å². The smallest absolute Gasteiger partial charge is 0.252 e. The molecule has 0 saturated carbocycles. The number of benzene rings is 2. The fraction of sp³-hybridized carbons (Fsp3) is 0.190. The van der Waals surface area contributed by atoms with Gasteiger partial charge in [-0.05, 0) is 49.7 Å². The van der Waals surface area contributed by atoms with Gasteiger partial charge < -0.3 is 14.8 Å². The molecule has 144 valence electrons. The number of nitrogens with one attached hydrogen (secondary N) is 1. The average Bonchev–Trinajstić information content (AvgIpc) is 2.71. The highest BCUT2D eigenvalue weighted by molar-refractivity contribution is 8.00. The summed E-state index contributed by atoms with van der Waals surface area (Å²) in [6.45, 7) is 4.49. The number of hydrogen-bond acceptors (Lipinski definition) is 6. The number of nitrogens with zero attached hydrogens (tertiary/aromatic N) is 2. The van der Waals surface area contributed by atoms with Crippen LogP contribution < -0.4 is 14.8 Å². The highest BCUT2D eigenvalue weighted by atomic mass is 32.2. The van der Waals surface area contributed by atoms with Crippen LogP contribution in [0.3, 0.4) is 0 Å². The standard InChI is InChI=1S/C21H21N3O3S/c1-3-26-17-10-8-16(9-11-17)24-19(25)14-28-21-20(22-12-13-23-21)27-18-7-5-4-6-15(18)2/h4-13H,3,14H2,1-2H3,(H,24,25). The molecule has 6 nitrogen and oxygen atoms in total.